The molecule has 0 spiro atoms. The summed E-state index contributed by atoms with van der Waals surface area (Å²) >= 11 is 0. The molecule has 0 bridgehead atoms. The van der Waals surface area contributed by atoms with Crippen LogP contribution < -0.4 is 14.2 Å². The van der Waals surface area contributed by atoms with Crippen LogP contribution in [0.15, 0.2) is 207 Å². The molecule has 0 amide bonds. The summed E-state index contributed by atoms with van der Waals surface area (Å²) in [5, 5.41) is 0. The van der Waals surface area contributed by atoms with E-state index in [1.54, 1.807) is 39.0 Å². The maximum Gasteiger partial charge on any atom is 0.205 e. The molecule has 10 rings (SSSR count). The number of aromatic nitrogens is 6. The van der Waals surface area contributed by atoms with Crippen molar-refractivity contribution in [2.75, 3.05) is 14.2 Å². The summed E-state index contributed by atoms with van der Waals surface area (Å²) in [6.45, 7) is 0.312. The summed E-state index contributed by atoms with van der Waals surface area (Å²) in [5.74, 6) is 1.64. The Hall–Kier alpha value is -8.82. The minimum Gasteiger partial charge on any atom is -0.492 e. The summed E-state index contributed by atoms with van der Waals surface area (Å²) in [7, 11) is 3.33. The Morgan fingerprint density at radius 2 is 0.667 bits per heavy atom. The predicted molar refractivity (Wildman–Crippen MR) is 261 cm³/mol. The van der Waals surface area contributed by atoms with Gasteiger partial charge in [-0.2, -0.15) is 0 Å². The van der Waals surface area contributed by atoms with Gasteiger partial charge < -0.3 is 14.2 Å². The van der Waals surface area contributed by atoms with Crippen molar-refractivity contribution in [3.05, 3.63) is 212 Å². The molecule has 10 aromatic rings. The van der Waals surface area contributed by atoms with E-state index in [0.29, 0.717) is 23.9 Å². The fraction of sp³-hybridized carbons (Fsp3) is 0.0526. The zero-order valence-electron chi connectivity index (χ0n) is 36.2. The molecule has 318 valence electrons. The molecule has 6 aromatic heterocycles. The third kappa shape index (κ3) is 8.73. The van der Waals surface area contributed by atoms with Crippen LogP contribution in [0, 0.1) is 0 Å². The number of pyridine rings is 6. The number of ether oxygens (including phenoxy) is 3. The molecule has 0 atom stereocenters. The van der Waals surface area contributed by atoms with Crippen molar-refractivity contribution in [3.8, 4) is 107 Å². The van der Waals surface area contributed by atoms with Crippen molar-refractivity contribution in [2.45, 2.75) is 6.61 Å². The SMILES string of the molecule is COc1c(-c2ccc(-c3cc(-c4ccccn4)nc(-c4ccccn4)c3)cc2)cc(-c2ccc(-c3cc(-c4ccccn4)nc(-c4ccccn4)c3)cc2)c(OC)c1OCc1ccccc1. The van der Waals surface area contributed by atoms with E-state index in [4.69, 9.17) is 24.2 Å². The van der Waals surface area contributed by atoms with E-state index in [0.717, 1.165) is 95.6 Å². The van der Waals surface area contributed by atoms with Crippen molar-refractivity contribution in [2.24, 2.45) is 0 Å². The summed E-state index contributed by atoms with van der Waals surface area (Å²) in [6, 6.07) is 60.7. The molecule has 0 fully saturated rings. The maximum absolute atomic E-state index is 6.68. The van der Waals surface area contributed by atoms with Gasteiger partial charge in [0.05, 0.1) is 59.8 Å². The molecule has 0 N–H and O–H groups in total. The Bertz CT molecular complexity index is 2920. The average Bonchev–Trinajstić information content (AvgIpc) is 3.41. The van der Waals surface area contributed by atoms with E-state index in [-0.39, 0.29) is 0 Å². The fourth-order valence-corrected chi connectivity index (χ4v) is 7.98. The van der Waals surface area contributed by atoms with Gasteiger partial charge >= 0.3 is 0 Å². The molecule has 9 nitrogen and oxygen atoms in total. The van der Waals surface area contributed by atoms with Gasteiger partial charge in [0.15, 0.2) is 11.5 Å². The highest BCUT2D eigenvalue weighted by atomic mass is 16.5. The first kappa shape index (κ1) is 41.2. The third-order valence-corrected chi connectivity index (χ3v) is 11.2. The van der Waals surface area contributed by atoms with Gasteiger partial charge in [0, 0.05) is 35.9 Å². The normalized spacial score (nSPS) is 10.9. The number of hydrogen-bond donors (Lipinski definition) is 0. The van der Waals surface area contributed by atoms with Gasteiger partial charge in [-0.05, 0) is 118 Å². The molecule has 0 aliphatic rings. The molecule has 0 saturated heterocycles. The van der Waals surface area contributed by atoms with Crippen LogP contribution in [0.4, 0.5) is 0 Å². The molecular weight excluding hydrogens is 817 g/mol. The highest BCUT2D eigenvalue weighted by molar-refractivity contribution is 5.88. The Labute approximate surface area is 383 Å². The number of hydrogen-bond acceptors (Lipinski definition) is 9. The highest BCUT2D eigenvalue weighted by Crippen LogP contribution is 2.51. The lowest BCUT2D eigenvalue weighted by atomic mass is 9.93. The van der Waals surface area contributed by atoms with Gasteiger partial charge in [0.2, 0.25) is 5.75 Å². The Morgan fingerprint density at radius 3 is 1.00 bits per heavy atom. The third-order valence-electron chi connectivity index (χ3n) is 11.2. The van der Waals surface area contributed by atoms with Crippen LogP contribution in [-0.4, -0.2) is 44.1 Å². The van der Waals surface area contributed by atoms with Crippen LogP contribution in [0.3, 0.4) is 0 Å². The van der Waals surface area contributed by atoms with E-state index in [1.165, 1.54) is 0 Å². The molecular formula is C57H42N6O3. The van der Waals surface area contributed by atoms with Crippen molar-refractivity contribution in [3.63, 3.8) is 0 Å². The van der Waals surface area contributed by atoms with Gasteiger partial charge in [-0.1, -0.05) is 103 Å². The van der Waals surface area contributed by atoms with Gasteiger partial charge in [0.1, 0.15) is 6.61 Å². The molecule has 0 unspecified atom stereocenters. The van der Waals surface area contributed by atoms with E-state index >= 15 is 0 Å². The maximum atomic E-state index is 6.68. The molecule has 6 heterocycles. The molecule has 66 heavy (non-hydrogen) atoms. The molecule has 0 aliphatic heterocycles. The highest BCUT2D eigenvalue weighted by Gasteiger charge is 2.24. The van der Waals surface area contributed by atoms with Crippen LogP contribution in [0.1, 0.15) is 5.56 Å². The Morgan fingerprint density at radius 1 is 0.318 bits per heavy atom. The second-order valence-electron chi connectivity index (χ2n) is 15.4. The fourth-order valence-electron chi connectivity index (χ4n) is 7.98. The molecule has 0 radical (unpaired) electrons. The first-order valence-electron chi connectivity index (χ1n) is 21.5. The van der Waals surface area contributed by atoms with Gasteiger partial charge in [-0.15, -0.1) is 0 Å². The lowest BCUT2D eigenvalue weighted by Crippen LogP contribution is -2.03. The van der Waals surface area contributed by atoms with Crippen LogP contribution in [0.5, 0.6) is 17.2 Å². The standard InChI is InChI=1S/C57H42N6O3/c1-64-55-45(41-24-20-39(21-25-41)43-32-51(47-16-6-10-28-58-47)62-52(33-43)48-17-7-11-29-59-48)36-46(56(65-2)57(55)66-37-38-14-4-3-5-15-38)42-26-22-40(23-27-42)44-34-53(49-18-8-12-30-60-49)63-54(35-44)50-19-9-13-31-61-50/h3-36H,37H2,1-2H3. The Kier molecular flexibility index (Phi) is 11.8. The minimum atomic E-state index is 0.312. The second-order valence-corrected chi connectivity index (χ2v) is 15.4. The molecule has 9 heteroatoms. The molecule has 4 aromatic carbocycles. The van der Waals surface area contributed by atoms with Gasteiger partial charge in [0.25, 0.3) is 0 Å². The zero-order valence-corrected chi connectivity index (χ0v) is 36.2. The van der Waals surface area contributed by atoms with Crippen molar-refractivity contribution >= 4 is 0 Å². The van der Waals surface area contributed by atoms with Crippen LogP contribution >= 0.6 is 0 Å². The quantitative estimate of drug-likeness (QED) is 0.112. The molecule has 0 saturated carbocycles. The number of benzene rings is 4. The van der Waals surface area contributed by atoms with Crippen LogP contribution in [0.25, 0.3) is 90.1 Å². The summed E-state index contributed by atoms with van der Waals surface area (Å²) < 4.78 is 19.1. The summed E-state index contributed by atoms with van der Waals surface area (Å²) in [4.78, 5) is 28.4. The number of rotatable bonds is 13. The number of nitrogens with zero attached hydrogens (tertiary/aromatic N) is 6. The van der Waals surface area contributed by atoms with E-state index in [1.807, 2.05) is 103 Å². The topological polar surface area (TPSA) is 105 Å². The second kappa shape index (κ2) is 18.9. The van der Waals surface area contributed by atoms with Gasteiger partial charge in [-0.25, -0.2) is 9.97 Å². The monoisotopic (exact) mass is 858 g/mol. The number of methoxy groups -OCH3 is 2. The first-order chi connectivity index (χ1) is 32.6. The first-order valence-corrected chi connectivity index (χ1v) is 21.5. The van der Waals surface area contributed by atoms with Crippen molar-refractivity contribution in [1.82, 2.24) is 29.9 Å². The van der Waals surface area contributed by atoms with Crippen molar-refractivity contribution in [1.29, 1.82) is 0 Å². The lowest BCUT2D eigenvalue weighted by Gasteiger charge is -2.21. The largest absolute Gasteiger partial charge is 0.492 e. The van der Waals surface area contributed by atoms with E-state index in [9.17, 15) is 0 Å². The Balaban J connectivity index is 1.06. The predicted octanol–water partition coefficient (Wildman–Crippen LogP) is 13.0. The average molecular weight is 859 g/mol. The lowest BCUT2D eigenvalue weighted by molar-refractivity contribution is 0.267. The van der Waals surface area contributed by atoms with Gasteiger partial charge in [-0.3, -0.25) is 19.9 Å². The van der Waals surface area contributed by atoms with Crippen LogP contribution in [0.2, 0.25) is 0 Å². The van der Waals surface area contributed by atoms with E-state index < -0.39 is 0 Å². The smallest absolute Gasteiger partial charge is 0.205 e. The summed E-state index contributed by atoms with van der Waals surface area (Å²) in [6.07, 6.45) is 7.12. The summed E-state index contributed by atoms with van der Waals surface area (Å²) in [5.41, 5.74) is 14.7. The van der Waals surface area contributed by atoms with Crippen molar-refractivity contribution < 1.29 is 14.2 Å². The van der Waals surface area contributed by atoms with Crippen LogP contribution in [-0.2, 0) is 6.61 Å². The zero-order chi connectivity index (χ0) is 44.7. The minimum absolute atomic E-state index is 0.312. The van der Waals surface area contributed by atoms with E-state index in [2.05, 4.69) is 98.8 Å². The molecule has 0 aliphatic carbocycles.